The van der Waals surface area contributed by atoms with Crippen molar-refractivity contribution < 1.29 is 32.6 Å². The summed E-state index contributed by atoms with van der Waals surface area (Å²) in [5.41, 5.74) is -0.723. The van der Waals surface area contributed by atoms with Crippen LogP contribution in [0, 0.1) is 11.6 Å². The fraction of sp³-hybridized carbons (Fsp3) is 0.333. The van der Waals surface area contributed by atoms with Crippen LogP contribution in [-0.2, 0) is 9.53 Å². The fourth-order valence-electron chi connectivity index (χ4n) is 1.47. The molecule has 0 aliphatic rings. The second-order valence-corrected chi connectivity index (χ2v) is 3.33. The Labute approximate surface area is 108 Å². The number of ether oxygens (including phenoxy) is 3. The van der Waals surface area contributed by atoms with E-state index in [-0.39, 0.29) is 6.61 Å². The van der Waals surface area contributed by atoms with Crippen LogP contribution in [0.4, 0.5) is 8.78 Å². The normalized spacial score (nSPS) is 9.95. The molecule has 7 heteroatoms. The number of hydrogen-bond acceptors (Lipinski definition) is 5. The number of ketones is 1. The standard InChI is InChI=1S/C12H12F2O5/c1-4-19-12(16)9(15)8-6(13)5-7(14)10(17-2)11(8)18-3/h5H,4H2,1-3H3. The molecule has 0 aliphatic heterocycles. The molecule has 0 unspecified atom stereocenters. The van der Waals surface area contributed by atoms with E-state index in [1.54, 1.807) is 0 Å². The molecule has 0 radical (unpaired) electrons. The van der Waals surface area contributed by atoms with Gasteiger partial charge in [-0.2, -0.15) is 0 Å². The first-order valence-electron chi connectivity index (χ1n) is 5.29. The van der Waals surface area contributed by atoms with Crippen LogP contribution >= 0.6 is 0 Å². The quantitative estimate of drug-likeness (QED) is 0.465. The van der Waals surface area contributed by atoms with Gasteiger partial charge in [-0.15, -0.1) is 0 Å². The Bertz CT molecular complexity index is 513. The van der Waals surface area contributed by atoms with Crippen molar-refractivity contribution in [2.24, 2.45) is 0 Å². The molecule has 1 aromatic rings. The van der Waals surface area contributed by atoms with Crippen LogP contribution < -0.4 is 9.47 Å². The average Bonchev–Trinajstić information content (AvgIpc) is 2.37. The monoisotopic (exact) mass is 274 g/mol. The Kier molecular flexibility index (Phi) is 4.80. The van der Waals surface area contributed by atoms with Crippen LogP contribution in [0.3, 0.4) is 0 Å². The summed E-state index contributed by atoms with van der Waals surface area (Å²) in [6.45, 7) is 1.44. The first-order chi connectivity index (χ1) is 8.97. The predicted octanol–water partition coefficient (Wildman–Crippen LogP) is 1.73. The molecule has 5 nitrogen and oxygen atoms in total. The largest absolute Gasteiger partial charge is 0.492 e. The summed E-state index contributed by atoms with van der Waals surface area (Å²) >= 11 is 0. The lowest BCUT2D eigenvalue weighted by Crippen LogP contribution is -2.20. The Morgan fingerprint density at radius 3 is 2.16 bits per heavy atom. The number of benzene rings is 1. The van der Waals surface area contributed by atoms with Gasteiger partial charge in [0.25, 0.3) is 5.78 Å². The summed E-state index contributed by atoms with van der Waals surface area (Å²) in [6, 6.07) is 0.438. The Balaban J connectivity index is 3.41. The zero-order valence-corrected chi connectivity index (χ0v) is 10.6. The highest BCUT2D eigenvalue weighted by atomic mass is 19.1. The molecule has 1 rings (SSSR count). The first-order valence-corrected chi connectivity index (χ1v) is 5.29. The van der Waals surface area contributed by atoms with Crippen molar-refractivity contribution in [2.75, 3.05) is 20.8 Å². The number of rotatable bonds is 5. The smallest absolute Gasteiger partial charge is 0.379 e. The van der Waals surface area contributed by atoms with Crippen LogP contribution in [-0.4, -0.2) is 32.6 Å². The van der Waals surface area contributed by atoms with Crippen molar-refractivity contribution in [3.8, 4) is 11.5 Å². The van der Waals surface area contributed by atoms with Gasteiger partial charge in [0.05, 0.1) is 20.8 Å². The number of Topliss-reactive ketones (excluding diaryl/α,β-unsaturated/α-hetero) is 1. The van der Waals surface area contributed by atoms with Gasteiger partial charge in [0.2, 0.25) is 0 Å². The molecule has 0 fully saturated rings. The summed E-state index contributed by atoms with van der Waals surface area (Å²) in [5, 5.41) is 0. The molecule has 1 aromatic carbocycles. The second kappa shape index (κ2) is 6.12. The van der Waals surface area contributed by atoms with Crippen LogP contribution in [0.25, 0.3) is 0 Å². The summed E-state index contributed by atoms with van der Waals surface area (Å²) in [7, 11) is 2.22. The van der Waals surface area contributed by atoms with Crippen molar-refractivity contribution in [2.45, 2.75) is 6.92 Å². The number of carbonyl (C=O) groups excluding carboxylic acids is 2. The summed E-state index contributed by atoms with van der Waals surface area (Å²) in [5.74, 6) is -5.75. The molecule has 19 heavy (non-hydrogen) atoms. The van der Waals surface area contributed by atoms with Crippen molar-refractivity contribution in [3.63, 3.8) is 0 Å². The van der Waals surface area contributed by atoms with E-state index in [1.165, 1.54) is 6.92 Å². The van der Waals surface area contributed by atoms with E-state index in [1.807, 2.05) is 0 Å². The van der Waals surface area contributed by atoms with E-state index < -0.39 is 40.4 Å². The van der Waals surface area contributed by atoms with Gasteiger partial charge in [-0.1, -0.05) is 0 Å². The number of hydrogen-bond donors (Lipinski definition) is 0. The molecule has 104 valence electrons. The van der Waals surface area contributed by atoms with Crippen LogP contribution in [0.1, 0.15) is 17.3 Å². The Morgan fingerprint density at radius 1 is 1.11 bits per heavy atom. The van der Waals surface area contributed by atoms with Gasteiger partial charge in [-0.05, 0) is 6.92 Å². The maximum Gasteiger partial charge on any atom is 0.379 e. The van der Waals surface area contributed by atoms with Gasteiger partial charge in [-0.25, -0.2) is 13.6 Å². The number of halogens is 2. The molecule has 0 bridgehead atoms. The topological polar surface area (TPSA) is 61.8 Å². The van der Waals surface area contributed by atoms with Crippen LogP contribution in [0.5, 0.6) is 11.5 Å². The summed E-state index contributed by atoms with van der Waals surface area (Å²) in [4.78, 5) is 23.1. The van der Waals surface area contributed by atoms with Gasteiger partial charge in [0.1, 0.15) is 11.4 Å². The number of carbonyl (C=O) groups is 2. The third-order valence-corrected chi connectivity index (χ3v) is 2.24. The molecule has 0 saturated carbocycles. The first kappa shape index (κ1) is 14.9. The Hall–Kier alpha value is -2.18. The highest BCUT2D eigenvalue weighted by molar-refractivity contribution is 6.41. The number of methoxy groups -OCH3 is 2. The van der Waals surface area contributed by atoms with E-state index in [4.69, 9.17) is 4.74 Å². The Morgan fingerprint density at radius 2 is 1.68 bits per heavy atom. The highest BCUT2D eigenvalue weighted by Gasteiger charge is 2.30. The molecule has 0 amide bonds. The zero-order chi connectivity index (χ0) is 14.6. The zero-order valence-electron chi connectivity index (χ0n) is 10.6. The average molecular weight is 274 g/mol. The van der Waals surface area contributed by atoms with Gasteiger partial charge in [-0.3, -0.25) is 4.79 Å². The van der Waals surface area contributed by atoms with E-state index in [2.05, 4.69) is 9.47 Å². The fourth-order valence-corrected chi connectivity index (χ4v) is 1.47. The lowest BCUT2D eigenvalue weighted by Gasteiger charge is -2.13. The summed E-state index contributed by atoms with van der Waals surface area (Å²) < 4.78 is 41.0. The SMILES string of the molecule is CCOC(=O)C(=O)c1c(F)cc(F)c(OC)c1OC. The summed E-state index contributed by atoms with van der Waals surface area (Å²) in [6.07, 6.45) is 0. The van der Waals surface area contributed by atoms with E-state index >= 15 is 0 Å². The maximum absolute atomic E-state index is 13.7. The van der Waals surface area contributed by atoms with E-state index in [9.17, 15) is 18.4 Å². The van der Waals surface area contributed by atoms with Crippen molar-refractivity contribution in [1.82, 2.24) is 0 Å². The minimum Gasteiger partial charge on any atom is -0.492 e. The molecule has 0 N–H and O–H groups in total. The van der Waals surface area contributed by atoms with Gasteiger partial charge >= 0.3 is 5.97 Å². The third kappa shape index (κ3) is 2.81. The molecular weight excluding hydrogens is 262 g/mol. The third-order valence-electron chi connectivity index (χ3n) is 2.24. The highest BCUT2D eigenvalue weighted by Crippen LogP contribution is 2.36. The van der Waals surface area contributed by atoms with Crippen LogP contribution in [0.2, 0.25) is 0 Å². The molecule has 0 aliphatic carbocycles. The van der Waals surface area contributed by atoms with Gasteiger partial charge in [0, 0.05) is 6.07 Å². The van der Waals surface area contributed by atoms with Gasteiger partial charge < -0.3 is 14.2 Å². The van der Waals surface area contributed by atoms with E-state index in [0.717, 1.165) is 14.2 Å². The minimum atomic E-state index is -1.27. The number of esters is 1. The van der Waals surface area contributed by atoms with Crippen molar-refractivity contribution in [1.29, 1.82) is 0 Å². The molecule has 0 aromatic heterocycles. The molecule has 0 heterocycles. The van der Waals surface area contributed by atoms with Crippen molar-refractivity contribution in [3.05, 3.63) is 23.3 Å². The lowest BCUT2D eigenvalue weighted by atomic mass is 10.1. The maximum atomic E-state index is 13.7. The lowest BCUT2D eigenvalue weighted by molar-refractivity contribution is -0.137. The molecular formula is C12H12F2O5. The van der Waals surface area contributed by atoms with Crippen LogP contribution in [0.15, 0.2) is 6.07 Å². The van der Waals surface area contributed by atoms with Crippen molar-refractivity contribution >= 4 is 11.8 Å². The molecule has 0 saturated heterocycles. The van der Waals surface area contributed by atoms with Gasteiger partial charge in [0.15, 0.2) is 17.3 Å². The second-order valence-electron chi connectivity index (χ2n) is 3.33. The minimum absolute atomic E-state index is 0.0488. The predicted molar refractivity (Wildman–Crippen MR) is 60.4 cm³/mol. The molecule has 0 atom stereocenters. The molecule has 0 spiro atoms. The van der Waals surface area contributed by atoms with E-state index in [0.29, 0.717) is 6.07 Å².